The van der Waals surface area contributed by atoms with Gasteiger partial charge in [0.25, 0.3) is 0 Å². The molecule has 0 aromatic heterocycles. The first-order valence-electron chi connectivity index (χ1n) is 10.6. The number of amides is 1. The van der Waals surface area contributed by atoms with E-state index in [0.717, 1.165) is 38.0 Å². The molecule has 1 amide bonds. The van der Waals surface area contributed by atoms with Gasteiger partial charge in [0.05, 0.1) is 40.1 Å². The zero-order valence-electron chi connectivity index (χ0n) is 18.2. The monoisotopic (exact) mass is 422 g/mol. The lowest BCUT2D eigenvalue weighted by Gasteiger charge is -2.43. The Morgan fingerprint density at radius 1 is 1.13 bits per heavy atom. The number of hydrogen-bond acceptors (Lipinski definition) is 7. The largest absolute Gasteiger partial charge is 0.493 e. The minimum absolute atomic E-state index is 0.0103. The average Bonchev–Trinajstić information content (AvgIpc) is 2.81. The smallest absolute Gasteiger partial charge is 0.226 e. The maximum atomic E-state index is 13.5. The number of morpholine rings is 1. The van der Waals surface area contributed by atoms with Gasteiger partial charge in [0, 0.05) is 26.1 Å². The highest BCUT2D eigenvalue weighted by molar-refractivity contribution is 5.79. The highest BCUT2D eigenvalue weighted by Crippen LogP contribution is 2.37. The topological polar surface area (TPSA) is 80.7 Å². The fourth-order valence-electron chi connectivity index (χ4n) is 4.42. The molecular weight excluding hydrogens is 388 g/mol. The normalized spacial score (nSPS) is 23.4. The van der Waals surface area contributed by atoms with Crippen LogP contribution in [-0.4, -0.2) is 94.2 Å². The number of methoxy groups -OCH3 is 3. The molecule has 2 saturated heterocycles. The van der Waals surface area contributed by atoms with E-state index in [1.807, 2.05) is 23.1 Å². The predicted octanol–water partition coefficient (Wildman–Crippen LogP) is 1.32. The molecule has 0 aliphatic carbocycles. The number of piperidine rings is 1. The highest BCUT2D eigenvalue weighted by Gasteiger charge is 2.39. The van der Waals surface area contributed by atoms with Crippen LogP contribution in [-0.2, 0) is 14.3 Å². The van der Waals surface area contributed by atoms with E-state index in [4.69, 9.17) is 18.9 Å². The Morgan fingerprint density at radius 2 is 1.87 bits per heavy atom. The molecule has 0 saturated carbocycles. The van der Waals surface area contributed by atoms with Gasteiger partial charge in [0.2, 0.25) is 5.91 Å². The van der Waals surface area contributed by atoms with E-state index >= 15 is 0 Å². The van der Waals surface area contributed by atoms with Crippen LogP contribution in [0.4, 0.5) is 0 Å². The number of likely N-dealkylation sites (tertiary alicyclic amines) is 1. The number of carbonyl (C=O) groups is 1. The van der Waals surface area contributed by atoms with Gasteiger partial charge in [-0.15, -0.1) is 0 Å². The summed E-state index contributed by atoms with van der Waals surface area (Å²) in [6.45, 7) is 4.19. The number of aliphatic hydroxyl groups is 1. The molecular formula is C22H34N2O6. The number of carbonyl (C=O) groups excluding carboxylic acids is 1. The van der Waals surface area contributed by atoms with Crippen LogP contribution in [0.1, 0.15) is 24.4 Å². The van der Waals surface area contributed by atoms with E-state index in [2.05, 4.69) is 4.90 Å². The second-order valence-corrected chi connectivity index (χ2v) is 7.79. The third kappa shape index (κ3) is 5.06. The molecule has 2 aliphatic rings. The first-order valence-corrected chi connectivity index (χ1v) is 10.6. The summed E-state index contributed by atoms with van der Waals surface area (Å²) in [6, 6.07) is 5.25. The molecule has 1 aromatic carbocycles. The van der Waals surface area contributed by atoms with Gasteiger partial charge in [-0.3, -0.25) is 4.79 Å². The van der Waals surface area contributed by atoms with Crippen molar-refractivity contribution >= 4 is 5.91 Å². The fourth-order valence-corrected chi connectivity index (χ4v) is 4.42. The van der Waals surface area contributed by atoms with Gasteiger partial charge in [0.1, 0.15) is 6.10 Å². The minimum Gasteiger partial charge on any atom is -0.493 e. The zero-order chi connectivity index (χ0) is 21.5. The molecule has 0 spiro atoms. The van der Waals surface area contributed by atoms with Crippen molar-refractivity contribution in [3.8, 4) is 11.5 Å². The Morgan fingerprint density at radius 3 is 2.50 bits per heavy atom. The van der Waals surface area contributed by atoms with Crippen LogP contribution in [0, 0.1) is 5.92 Å². The Balaban J connectivity index is 1.77. The van der Waals surface area contributed by atoms with Crippen LogP contribution in [0.2, 0.25) is 0 Å². The maximum Gasteiger partial charge on any atom is 0.226 e. The van der Waals surface area contributed by atoms with E-state index in [9.17, 15) is 9.90 Å². The summed E-state index contributed by atoms with van der Waals surface area (Å²) < 4.78 is 21.8. The number of ether oxygens (including phenoxy) is 4. The minimum atomic E-state index is -0.470. The van der Waals surface area contributed by atoms with Crippen molar-refractivity contribution in [3.05, 3.63) is 23.8 Å². The summed E-state index contributed by atoms with van der Waals surface area (Å²) in [5, 5.41) is 9.94. The van der Waals surface area contributed by atoms with Gasteiger partial charge < -0.3 is 33.9 Å². The van der Waals surface area contributed by atoms with Crippen molar-refractivity contribution < 1.29 is 28.8 Å². The third-order valence-corrected chi connectivity index (χ3v) is 6.11. The van der Waals surface area contributed by atoms with Gasteiger partial charge in [-0.25, -0.2) is 0 Å². The molecule has 3 rings (SSSR count). The van der Waals surface area contributed by atoms with Crippen LogP contribution in [0.5, 0.6) is 11.5 Å². The Hall–Kier alpha value is -1.87. The molecule has 0 radical (unpaired) electrons. The quantitative estimate of drug-likeness (QED) is 0.677. The second kappa shape index (κ2) is 10.9. The number of benzene rings is 1. The summed E-state index contributed by atoms with van der Waals surface area (Å²) in [5.41, 5.74) is 0.872. The van der Waals surface area contributed by atoms with Crippen molar-refractivity contribution in [2.24, 2.45) is 5.92 Å². The molecule has 0 bridgehead atoms. The Kier molecular flexibility index (Phi) is 8.32. The zero-order valence-corrected chi connectivity index (χ0v) is 18.2. The Labute approximate surface area is 178 Å². The van der Waals surface area contributed by atoms with Crippen molar-refractivity contribution in [1.82, 2.24) is 9.80 Å². The first-order chi connectivity index (χ1) is 14.6. The van der Waals surface area contributed by atoms with Gasteiger partial charge in [-0.2, -0.15) is 0 Å². The second-order valence-electron chi connectivity index (χ2n) is 7.79. The average molecular weight is 423 g/mol. The molecule has 1 aromatic rings. The van der Waals surface area contributed by atoms with Crippen molar-refractivity contribution in [2.75, 3.05) is 67.3 Å². The van der Waals surface area contributed by atoms with Crippen LogP contribution in [0.15, 0.2) is 18.2 Å². The van der Waals surface area contributed by atoms with Crippen LogP contribution in [0.25, 0.3) is 0 Å². The summed E-state index contributed by atoms with van der Waals surface area (Å²) in [5.74, 6) is 1.35. The summed E-state index contributed by atoms with van der Waals surface area (Å²) in [7, 11) is 4.88. The summed E-state index contributed by atoms with van der Waals surface area (Å²) in [4.78, 5) is 17.7. The lowest BCUT2D eigenvalue weighted by Crippen LogP contribution is -2.52. The summed E-state index contributed by atoms with van der Waals surface area (Å²) >= 11 is 0. The molecule has 1 N–H and O–H groups in total. The predicted molar refractivity (Wildman–Crippen MR) is 112 cm³/mol. The van der Waals surface area contributed by atoms with Gasteiger partial charge in [-0.05, 0) is 43.6 Å². The van der Waals surface area contributed by atoms with E-state index in [-0.39, 0.29) is 24.5 Å². The van der Waals surface area contributed by atoms with Gasteiger partial charge >= 0.3 is 0 Å². The number of rotatable bonds is 8. The number of aliphatic hydroxyl groups excluding tert-OH is 1. The van der Waals surface area contributed by atoms with Crippen LogP contribution in [0.3, 0.4) is 0 Å². The molecule has 168 valence electrons. The van der Waals surface area contributed by atoms with E-state index in [0.29, 0.717) is 31.3 Å². The van der Waals surface area contributed by atoms with Crippen LogP contribution >= 0.6 is 0 Å². The molecule has 8 nitrogen and oxygen atoms in total. The van der Waals surface area contributed by atoms with Crippen molar-refractivity contribution in [1.29, 1.82) is 0 Å². The molecule has 2 heterocycles. The lowest BCUT2D eigenvalue weighted by molar-refractivity contribution is -0.155. The van der Waals surface area contributed by atoms with E-state index in [1.165, 1.54) is 0 Å². The lowest BCUT2D eigenvalue weighted by atomic mass is 9.91. The van der Waals surface area contributed by atoms with Crippen molar-refractivity contribution in [3.63, 3.8) is 0 Å². The maximum absolute atomic E-state index is 13.5. The third-order valence-electron chi connectivity index (χ3n) is 6.11. The number of hydrogen-bond donors (Lipinski definition) is 1. The van der Waals surface area contributed by atoms with Gasteiger partial charge in [-0.1, -0.05) is 6.07 Å². The molecule has 30 heavy (non-hydrogen) atoms. The number of nitrogens with zero attached hydrogens (tertiary/aromatic N) is 2. The molecule has 8 heteroatoms. The van der Waals surface area contributed by atoms with E-state index < -0.39 is 6.10 Å². The SMILES string of the molecule is COCCN1CCC(C(=O)N2CCO[C@H](CO)[C@H]2c2ccc(OC)c(OC)c2)CC1. The molecule has 2 aliphatic heterocycles. The first kappa shape index (κ1) is 22.8. The molecule has 2 fully saturated rings. The highest BCUT2D eigenvalue weighted by atomic mass is 16.5. The van der Waals surface area contributed by atoms with E-state index in [1.54, 1.807) is 21.3 Å². The Bertz CT molecular complexity index is 692. The van der Waals surface area contributed by atoms with Crippen LogP contribution < -0.4 is 9.47 Å². The summed E-state index contributed by atoms with van der Waals surface area (Å²) in [6.07, 6.45) is 1.20. The fraction of sp³-hybridized carbons (Fsp3) is 0.682. The standard InChI is InChI=1S/C22H34N2O6/c1-27-12-10-23-8-6-16(7-9-23)22(26)24-11-13-30-20(15-25)21(24)17-4-5-18(28-2)19(14-17)29-3/h4-5,14,16,20-21,25H,6-13,15H2,1-3H3/t20-,21-/m1/s1. The molecule has 0 unspecified atom stereocenters. The molecule has 2 atom stereocenters. The van der Waals surface area contributed by atoms with Gasteiger partial charge in [0.15, 0.2) is 11.5 Å². The van der Waals surface area contributed by atoms with Crippen molar-refractivity contribution in [2.45, 2.75) is 25.0 Å².